The van der Waals surface area contributed by atoms with Gasteiger partial charge in [0.05, 0.1) is 23.2 Å². The number of aromatic nitrogens is 3. The Kier molecular flexibility index (Phi) is 8.02. The lowest BCUT2D eigenvalue weighted by atomic mass is 10.00. The molecule has 2 aromatic heterocycles. The fraction of sp³-hybridized carbons (Fsp3) is 0.286. The molecule has 0 fully saturated rings. The van der Waals surface area contributed by atoms with Crippen molar-refractivity contribution in [2.45, 2.75) is 54.0 Å². The monoisotopic (exact) mass is 470 g/mol. The maximum Gasteiger partial charge on any atom is 0.263 e. The lowest BCUT2D eigenvalue weighted by Gasteiger charge is -2.20. The highest BCUT2D eigenvalue weighted by molar-refractivity contribution is 6.04. The first-order valence-electron chi connectivity index (χ1n) is 11.9. The van der Waals surface area contributed by atoms with E-state index in [-0.39, 0.29) is 23.0 Å². The Bertz CT molecular complexity index is 1420. The second kappa shape index (κ2) is 11.0. The summed E-state index contributed by atoms with van der Waals surface area (Å²) in [5.41, 5.74) is 10.4. The van der Waals surface area contributed by atoms with Gasteiger partial charge in [0.25, 0.3) is 5.56 Å². The molecule has 2 heterocycles. The second-order valence-corrected chi connectivity index (χ2v) is 8.49. The number of anilines is 2. The number of nitrogens with zero attached hydrogens (tertiary/aromatic N) is 3. The molecule has 4 N–H and O–H groups in total. The zero-order valence-electron chi connectivity index (χ0n) is 21.3. The van der Waals surface area contributed by atoms with Gasteiger partial charge in [0.1, 0.15) is 18.0 Å². The third kappa shape index (κ3) is 5.09. The van der Waals surface area contributed by atoms with Crippen LogP contribution in [0.15, 0.2) is 59.7 Å². The number of aryl methyl sites for hydroxylation is 1. The van der Waals surface area contributed by atoms with Crippen LogP contribution in [-0.4, -0.2) is 20.2 Å². The van der Waals surface area contributed by atoms with Crippen molar-refractivity contribution in [1.82, 2.24) is 14.5 Å². The van der Waals surface area contributed by atoms with Gasteiger partial charge in [-0.15, -0.1) is 0 Å². The molecule has 0 aliphatic rings. The fourth-order valence-electron chi connectivity index (χ4n) is 4.24. The topological polar surface area (TPSA) is 110 Å². The van der Waals surface area contributed by atoms with Crippen molar-refractivity contribution in [2.24, 2.45) is 0 Å². The van der Waals surface area contributed by atoms with Crippen molar-refractivity contribution >= 4 is 28.1 Å². The minimum atomic E-state index is -0.0545. The molecule has 182 valence electrons. The van der Waals surface area contributed by atoms with E-state index >= 15 is 0 Å². The lowest BCUT2D eigenvalue weighted by molar-refractivity contribution is 0.819. The first-order chi connectivity index (χ1) is 16.8. The van der Waals surface area contributed by atoms with Crippen molar-refractivity contribution in [3.63, 3.8) is 0 Å². The molecule has 0 radical (unpaired) electrons. The SMILES string of the molecule is CC.CC(=N)c1c(N)ncnc1NCc1cc2cccc(C)c2c(=O)n1-c1ccccc1C(C)C. The van der Waals surface area contributed by atoms with Gasteiger partial charge in [-0.2, -0.15) is 0 Å². The van der Waals surface area contributed by atoms with Gasteiger partial charge in [-0.1, -0.05) is 64.1 Å². The van der Waals surface area contributed by atoms with Crippen LogP contribution < -0.4 is 16.6 Å². The van der Waals surface area contributed by atoms with Gasteiger partial charge >= 0.3 is 0 Å². The summed E-state index contributed by atoms with van der Waals surface area (Å²) in [5.74, 6) is 0.961. The van der Waals surface area contributed by atoms with Crippen LogP contribution in [-0.2, 0) is 6.54 Å². The molecule has 4 aromatic rings. The van der Waals surface area contributed by atoms with E-state index in [1.165, 1.54) is 6.33 Å². The molecule has 2 aromatic carbocycles. The van der Waals surface area contributed by atoms with Gasteiger partial charge in [-0.3, -0.25) is 9.36 Å². The molecule has 0 unspecified atom stereocenters. The Labute approximate surface area is 206 Å². The highest BCUT2D eigenvalue weighted by Gasteiger charge is 2.18. The number of nitrogen functional groups attached to an aromatic ring is 1. The number of benzene rings is 2. The molecular weight excluding hydrogens is 436 g/mol. The van der Waals surface area contributed by atoms with Crippen molar-refractivity contribution in [3.05, 3.63) is 87.6 Å². The van der Waals surface area contributed by atoms with Crippen molar-refractivity contribution in [2.75, 3.05) is 11.1 Å². The van der Waals surface area contributed by atoms with Gasteiger partial charge in [0.2, 0.25) is 0 Å². The minimum absolute atomic E-state index is 0.0545. The summed E-state index contributed by atoms with van der Waals surface area (Å²) in [5, 5.41) is 12.9. The summed E-state index contributed by atoms with van der Waals surface area (Å²) in [6.45, 7) is 12.2. The number of para-hydroxylation sites is 1. The molecule has 0 aliphatic carbocycles. The smallest absolute Gasteiger partial charge is 0.263 e. The predicted octanol–water partition coefficient (Wildman–Crippen LogP) is 5.82. The standard InChI is InChI=1S/C26H28N6O.C2H6/c1-15(2)20-10-5-6-11-21(20)32-19(12-18-9-7-8-16(3)22(18)26(32)33)13-29-25-23(17(4)27)24(28)30-14-31-25;1-2/h5-12,14-15,27H,13H2,1-4H3,(H3,28,29,30,31);1-2H3. The highest BCUT2D eigenvalue weighted by Crippen LogP contribution is 2.26. The molecular formula is C28H34N6O. The van der Waals surface area contributed by atoms with Crippen molar-refractivity contribution in [1.29, 1.82) is 5.41 Å². The summed E-state index contributed by atoms with van der Waals surface area (Å²) in [6, 6.07) is 15.9. The number of hydrogen-bond acceptors (Lipinski definition) is 6. The van der Waals surface area contributed by atoms with Gasteiger partial charge < -0.3 is 16.5 Å². The zero-order chi connectivity index (χ0) is 25.7. The van der Waals surface area contributed by atoms with Crippen molar-refractivity contribution in [3.8, 4) is 5.69 Å². The van der Waals surface area contributed by atoms with Gasteiger partial charge in [0.15, 0.2) is 0 Å². The fourth-order valence-corrected chi connectivity index (χ4v) is 4.24. The lowest BCUT2D eigenvalue weighted by Crippen LogP contribution is -2.25. The van der Waals surface area contributed by atoms with Crippen LogP contribution >= 0.6 is 0 Å². The molecule has 0 bridgehead atoms. The number of rotatable bonds is 6. The van der Waals surface area contributed by atoms with Crippen LogP contribution in [0, 0.1) is 12.3 Å². The van der Waals surface area contributed by atoms with Crippen molar-refractivity contribution < 1.29 is 0 Å². The molecule has 0 atom stereocenters. The van der Waals surface area contributed by atoms with E-state index in [9.17, 15) is 4.79 Å². The normalized spacial score (nSPS) is 10.7. The van der Waals surface area contributed by atoms with Crippen LogP contribution in [0.5, 0.6) is 0 Å². The molecule has 35 heavy (non-hydrogen) atoms. The zero-order valence-corrected chi connectivity index (χ0v) is 21.3. The van der Waals surface area contributed by atoms with Gasteiger partial charge in [-0.05, 0) is 48.4 Å². The number of hydrogen-bond donors (Lipinski definition) is 3. The number of pyridine rings is 1. The van der Waals surface area contributed by atoms with Gasteiger partial charge in [0, 0.05) is 11.4 Å². The minimum Gasteiger partial charge on any atom is -0.383 e. The molecule has 4 rings (SSSR count). The largest absolute Gasteiger partial charge is 0.383 e. The molecule has 0 amide bonds. The molecule has 7 nitrogen and oxygen atoms in total. The average molecular weight is 471 g/mol. The van der Waals surface area contributed by atoms with Crippen LogP contribution in [0.25, 0.3) is 16.5 Å². The Morgan fingerprint density at radius 2 is 1.83 bits per heavy atom. The summed E-state index contributed by atoms with van der Waals surface area (Å²) in [4.78, 5) is 22.1. The summed E-state index contributed by atoms with van der Waals surface area (Å²) in [6.07, 6.45) is 1.37. The van der Waals surface area contributed by atoms with E-state index in [4.69, 9.17) is 11.1 Å². The van der Waals surface area contributed by atoms with Crippen LogP contribution in [0.3, 0.4) is 0 Å². The molecule has 0 spiro atoms. The molecule has 0 saturated carbocycles. The third-order valence-electron chi connectivity index (χ3n) is 5.82. The van der Waals surface area contributed by atoms with E-state index in [1.54, 1.807) is 11.5 Å². The summed E-state index contributed by atoms with van der Waals surface area (Å²) in [7, 11) is 0. The Hall–Kier alpha value is -4.00. The number of fused-ring (bicyclic) bond motifs is 1. The highest BCUT2D eigenvalue weighted by atomic mass is 16.1. The molecule has 0 aliphatic heterocycles. The van der Waals surface area contributed by atoms with E-state index in [2.05, 4.69) is 35.2 Å². The van der Waals surface area contributed by atoms with E-state index in [0.29, 0.717) is 23.3 Å². The third-order valence-corrected chi connectivity index (χ3v) is 5.82. The Morgan fingerprint density at radius 1 is 1.11 bits per heavy atom. The average Bonchev–Trinajstić information content (AvgIpc) is 2.83. The summed E-state index contributed by atoms with van der Waals surface area (Å²) < 4.78 is 1.79. The first-order valence-corrected chi connectivity index (χ1v) is 11.9. The van der Waals surface area contributed by atoms with E-state index in [1.807, 2.05) is 63.2 Å². The quantitative estimate of drug-likeness (QED) is 0.308. The van der Waals surface area contributed by atoms with Crippen LogP contribution in [0.1, 0.15) is 62.9 Å². The number of nitrogens with two attached hydrogens (primary N) is 1. The Morgan fingerprint density at radius 3 is 2.51 bits per heavy atom. The first kappa shape index (κ1) is 25.6. The molecule has 0 saturated heterocycles. The predicted molar refractivity (Wildman–Crippen MR) is 146 cm³/mol. The molecule has 7 heteroatoms. The van der Waals surface area contributed by atoms with E-state index < -0.39 is 0 Å². The number of nitrogens with one attached hydrogen (secondary N) is 2. The maximum atomic E-state index is 13.8. The van der Waals surface area contributed by atoms with E-state index in [0.717, 1.165) is 27.9 Å². The Balaban J connectivity index is 0.00000167. The van der Waals surface area contributed by atoms with Crippen LogP contribution in [0.4, 0.5) is 11.6 Å². The van der Waals surface area contributed by atoms with Gasteiger partial charge in [-0.25, -0.2) is 9.97 Å². The van der Waals surface area contributed by atoms with Crippen LogP contribution in [0.2, 0.25) is 0 Å². The summed E-state index contributed by atoms with van der Waals surface area (Å²) >= 11 is 0. The second-order valence-electron chi connectivity index (χ2n) is 8.49. The maximum absolute atomic E-state index is 13.8.